The van der Waals surface area contributed by atoms with Gasteiger partial charge in [0.25, 0.3) is 0 Å². The van der Waals surface area contributed by atoms with Crippen molar-refractivity contribution in [2.45, 2.75) is 64.7 Å². The molecule has 0 aliphatic heterocycles. The molecule has 94 valence electrons. The summed E-state index contributed by atoms with van der Waals surface area (Å²) in [7, 11) is 0. The van der Waals surface area contributed by atoms with Crippen molar-refractivity contribution in [1.82, 2.24) is 0 Å². The third-order valence-corrected chi connectivity index (χ3v) is 2.63. The van der Waals surface area contributed by atoms with Crippen molar-refractivity contribution in [3.8, 4) is 0 Å². The van der Waals surface area contributed by atoms with E-state index in [1.54, 1.807) is 0 Å². The molecule has 4 heteroatoms. The van der Waals surface area contributed by atoms with Gasteiger partial charge in [0.2, 0.25) is 0 Å². The third-order valence-electron chi connectivity index (χ3n) is 2.63. The van der Waals surface area contributed by atoms with Gasteiger partial charge >= 0.3 is 5.97 Å². The molecule has 0 fully saturated rings. The average Bonchev–Trinajstić information content (AvgIpc) is 2.26. The Labute approximate surface area is 97.4 Å². The lowest BCUT2D eigenvalue weighted by molar-refractivity contribution is -0.129. The normalized spacial score (nSPS) is 11.7. The first kappa shape index (κ1) is 14.9. The van der Waals surface area contributed by atoms with Gasteiger partial charge in [-0.2, -0.15) is 0 Å². The van der Waals surface area contributed by atoms with Gasteiger partial charge in [-0.05, 0) is 6.42 Å². The van der Waals surface area contributed by atoms with E-state index >= 15 is 0 Å². The summed E-state index contributed by atoms with van der Waals surface area (Å²) in [6.45, 7) is 2.20. The van der Waals surface area contributed by atoms with Crippen LogP contribution in [0.1, 0.15) is 64.7 Å². The van der Waals surface area contributed by atoms with E-state index in [1.165, 1.54) is 32.1 Å². The lowest BCUT2D eigenvalue weighted by Gasteiger charge is -2.01. The van der Waals surface area contributed by atoms with E-state index in [1.807, 2.05) is 0 Å². The molecule has 0 saturated carbocycles. The standard InChI is InChI=1S/C12H23NO3/c1-2-3-4-5-6-7-8-9-10-11(13-16)12(14)15/h16H,2-10H2,1H3,(H,14,15)/b13-11+. The average molecular weight is 229 g/mol. The van der Waals surface area contributed by atoms with Crippen LogP contribution in [0.5, 0.6) is 0 Å². The number of aliphatic carboxylic acids is 1. The van der Waals surface area contributed by atoms with Crippen molar-refractivity contribution >= 4 is 11.7 Å². The molecule has 0 unspecified atom stereocenters. The van der Waals surface area contributed by atoms with Crippen LogP contribution in [0.4, 0.5) is 0 Å². The maximum Gasteiger partial charge on any atom is 0.353 e. The van der Waals surface area contributed by atoms with Gasteiger partial charge in [0.05, 0.1) is 0 Å². The van der Waals surface area contributed by atoms with Crippen molar-refractivity contribution < 1.29 is 15.1 Å². The van der Waals surface area contributed by atoms with Gasteiger partial charge in [-0.25, -0.2) is 4.79 Å². The molecule has 0 atom stereocenters. The highest BCUT2D eigenvalue weighted by Crippen LogP contribution is 2.09. The summed E-state index contributed by atoms with van der Waals surface area (Å²) >= 11 is 0. The Kier molecular flexibility index (Phi) is 9.76. The van der Waals surface area contributed by atoms with E-state index in [-0.39, 0.29) is 5.71 Å². The first-order valence-corrected chi connectivity index (χ1v) is 6.16. The summed E-state index contributed by atoms with van der Waals surface area (Å²) in [5.74, 6) is -1.12. The first-order valence-electron chi connectivity index (χ1n) is 6.16. The molecule has 0 spiro atoms. The Balaban J connectivity index is 3.30. The Hall–Kier alpha value is -1.06. The third kappa shape index (κ3) is 8.26. The highest BCUT2D eigenvalue weighted by molar-refractivity contribution is 6.35. The summed E-state index contributed by atoms with van der Waals surface area (Å²) in [6.07, 6.45) is 9.66. The second-order valence-electron chi connectivity index (χ2n) is 4.08. The molecule has 0 aromatic rings. The monoisotopic (exact) mass is 229 g/mol. The molecule has 0 rings (SSSR count). The number of rotatable bonds is 10. The van der Waals surface area contributed by atoms with E-state index in [4.69, 9.17) is 10.3 Å². The summed E-state index contributed by atoms with van der Waals surface area (Å²) in [5.41, 5.74) is -0.133. The van der Waals surface area contributed by atoms with E-state index < -0.39 is 5.97 Å². The fourth-order valence-corrected chi connectivity index (χ4v) is 1.63. The largest absolute Gasteiger partial charge is 0.477 e. The molecular formula is C12H23NO3. The minimum atomic E-state index is -1.12. The Morgan fingerprint density at radius 2 is 1.50 bits per heavy atom. The van der Waals surface area contributed by atoms with Gasteiger partial charge in [-0.1, -0.05) is 57.0 Å². The van der Waals surface area contributed by atoms with E-state index in [0.29, 0.717) is 6.42 Å². The van der Waals surface area contributed by atoms with Crippen molar-refractivity contribution in [1.29, 1.82) is 0 Å². The molecule has 0 aliphatic carbocycles. The zero-order chi connectivity index (χ0) is 12.2. The van der Waals surface area contributed by atoms with Crippen molar-refractivity contribution in [3.63, 3.8) is 0 Å². The molecule has 16 heavy (non-hydrogen) atoms. The van der Waals surface area contributed by atoms with Crippen LogP contribution >= 0.6 is 0 Å². The summed E-state index contributed by atoms with van der Waals surface area (Å²) in [4.78, 5) is 10.5. The molecule has 0 amide bonds. The lowest BCUT2D eigenvalue weighted by atomic mass is 10.1. The lowest BCUT2D eigenvalue weighted by Crippen LogP contribution is -2.12. The van der Waals surface area contributed by atoms with Crippen LogP contribution in [0.2, 0.25) is 0 Å². The maximum absolute atomic E-state index is 10.5. The predicted octanol–water partition coefficient (Wildman–Crippen LogP) is 3.43. The Bertz CT molecular complexity index is 214. The molecule has 0 saturated heterocycles. The van der Waals surface area contributed by atoms with Crippen molar-refractivity contribution in [2.75, 3.05) is 0 Å². The fraction of sp³-hybridized carbons (Fsp3) is 0.833. The molecule has 0 bridgehead atoms. The Morgan fingerprint density at radius 1 is 1.00 bits per heavy atom. The zero-order valence-electron chi connectivity index (χ0n) is 10.1. The summed E-state index contributed by atoms with van der Waals surface area (Å²) in [5, 5.41) is 19.7. The van der Waals surface area contributed by atoms with Crippen molar-refractivity contribution in [2.24, 2.45) is 5.16 Å². The molecule has 0 heterocycles. The summed E-state index contributed by atoms with van der Waals surface area (Å²) < 4.78 is 0. The van der Waals surface area contributed by atoms with Crippen LogP contribution < -0.4 is 0 Å². The number of hydrogen-bond acceptors (Lipinski definition) is 3. The second-order valence-corrected chi connectivity index (χ2v) is 4.08. The van der Waals surface area contributed by atoms with Crippen LogP contribution in [-0.4, -0.2) is 22.0 Å². The van der Waals surface area contributed by atoms with Gasteiger partial charge in [0.1, 0.15) is 0 Å². The smallest absolute Gasteiger partial charge is 0.353 e. The minimum Gasteiger partial charge on any atom is -0.477 e. The van der Waals surface area contributed by atoms with E-state index in [0.717, 1.165) is 19.3 Å². The van der Waals surface area contributed by atoms with Crippen LogP contribution in [0.25, 0.3) is 0 Å². The van der Waals surface area contributed by atoms with E-state index in [2.05, 4.69) is 12.1 Å². The number of carbonyl (C=O) groups is 1. The molecule has 2 N–H and O–H groups in total. The maximum atomic E-state index is 10.5. The zero-order valence-corrected chi connectivity index (χ0v) is 10.1. The van der Waals surface area contributed by atoms with Crippen LogP contribution in [0.3, 0.4) is 0 Å². The minimum absolute atomic E-state index is 0.133. The van der Waals surface area contributed by atoms with Crippen LogP contribution in [-0.2, 0) is 4.79 Å². The number of carboxylic acids is 1. The number of nitrogens with zero attached hydrogens (tertiary/aromatic N) is 1. The number of unbranched alkanes of at least 4 members (excludes halogenated alkanes) is 7. The number of oxime groups is 1. The van der Waals surface area contributed by atoms with Gasteiger partial charge in [-0.3, -0.25) is 0 Å². The Morgan fingerprint density at radius 3 is 1.94 bits per heavy atom. The molecule has 4 nitrogen and oxygen atoms in total. The highest BCUT2D eigenvalue weighted by Gasteiger charge is 2.08. The number of hydrogen-bond donors (Lipinski definition) is 2. The van der Waals surface area contributed by atoms with Crippen molar-refractivity contribution in [3.05, 3.63) is 0 Å². The molecular weight excluding hydrogens is 206 g/mol. The fourth-order valence-electron chi connectivity index (χ4n) is 1.63. The van der Waals surface area contributed by atoms with Crippen LogP contribution in [0, 0.1) is 0 Å². The highest BCUT2D eigenvalue weighted by atomic mass is 16.4. The summed E-state index contributed by atoms with van der Waals surface area (Å²) in [6, 6.07) is 0. The molecule has 0 radical (unpaired) electrons. The molecule has 0 aromatic carbocycles. The first-order chi connectivity index (χ1) is 7.72. The molecule has 0 aromatic heterocycles. The SMILES string of the molecule is CCCCCCCCCC/C(=N\O)C(=O)O. The van der Waals surface area contributed by atoms with Gasteiger partial charge in [-0.15, -0.1) is 0 Å². The number of carboxylic acid groups (broad SMARTS) is 1. The predicted molar refractivity (Wildman–Crippen MR) is 64.1 cm³/mol. The van der Waals surface area contributed by atoms with Gasteiger partial charge < -0.3 is 10.3 Å². The van der Waals surface area contributed by atoms with Gasteiger partial charge in [0.15, 0.2) is 5.71 Å². The molecule has 0 aliphatic rings. The van der Waals surface area contributed by atoms with Gasteiger partial charge in [0, 0.05) is 6.42 Å². The quantitative estimate of drug-likeness (QED) is 0.261. The van der Waals surface area contributed by atoms with E-state index in [9.17, 15) is 4.79 Å². The van der Waals surface area contributed by atoms with Crippen LogP contribution in [0.15, 0.2) is 5.16 Å². The topological polar surface area (TPSA) is 69.9 Å². The second kappa shape index (κ2) is 10.5.